The van der Waals surface area contributed by atoms with Gasteiger partial charge in [-0.25, -0.2) is 4.79 Å². The first kappa shape index (κ1) is 22.4. The van der Waals surface area contributed by atoms with Crippen LogP contribution < -0.4 is 9.47 Å². The lowest BCUT2D eigenvalue weighted by molar-refractivity contribution is 0.0734. The van der Waals surface area contributed by atoms with Crippen LogP contribution in [0.2, 0.25) is 0 Å². The fraction of sp³-hybridized carbons (Fsp3) is 0.250. The first-order valence-electron chi connectivity index (χ1n) is 10.8. The number of ether oxygens (including phenoxy) is 2. The van der Waals surface area contributed by atoms with Gasteiger partial charge in [-0.15, -0.1) is 0 Å². The molecule has 0 radical (unpaired) electrons. The van der Waals surface area contributed by atoms with E-state index in [1.54, 1.807) is 42.5 Å². The molecule has 0 amide bonds. The van der Waals surface area contributed by atoms with Crippen LogP contribution in [0.15, 0.2) is 85.5 Å². The maximum absolute atomic E-state index is 12.5. The van der Waals surface area contributed by atoms with Crippen LogP contribution in [0, 0.1) is 5.92 Å². The molecule has 0 bridgehead atoms. The van der Waals surface area contributed by atoms with E-state index in [4.69, 9.17) is 9.47 Å². The van der Waals surface area contributed by atoms with Crippen LogP contribution in [-0.4, -0.2) is 12.6 Å². The lowest BCUT2D eigenvalue weighted by Crippen LogP contribution is -2.08. The standard InChI is InChI=1S/C28H30O3/c1-4-6-21(3)20-22-7-9-23(10-8-22)24-11-13-25(14-12-24)28(29)31-27-17-15-26(16-18-27)30-19-5-2/h5,7-18,21H,2,4,6,19-20H2,1,3H3/t21-/m0/s1. The largest absolute Gasteiger partial charge is 0.490 e. The van der Waals surface area contributed by atoms with Gasteiger partial charge in [-0.2, -0.15) is 0 Å². The van der Waals surface area contributed by atoms with E-state index in [9.17, 15) is 4.79 Å². The number of carbonyl (C=O) groups is 1. The molecular weight excluding hydrogens is 384 g/mol. The topological polar surface area (TPSA) is 35.5 Å². The average molecular weight is 415 g/mol. The molecule has 3 nitrogen and oxygen atoms in total. The summed E-state index contributed by atoms with van der Waals surface area (Å²) in [4.78, 5) is 12.5. The van der Waals surface area contributed by atoms with Gasteiger partial charge in [-0.05, 0) is 65.4 Å². The summed E-state index contributed by atoms with van der Waals surface area (Å²) in [6.45, 7) is 8.59. The maximum Gasteiger partial charge on any atom is 0.343 e. The Hall–Kier alpha value is -3.33. The van der Waals surface area contributed by atoms with Crippen molar-refractivity contribution in [2.45, 2.75) is 33.1 Å². The predicted molar refractivity (Wildman–Crippen MR) is 127 cm³/mol. The molecule has 0 aliphatic rings. The van der Waals surface area contributed by atoms with Gasteiger partial charge in [0.15, 0.2) is 0 Å². The van der Waals surface area contributed by atoms with Crippen molar-refractivity contribution in [3.8, 4) is 22.6 Å². The quantitative estimate of drug-likeness (QED) is 0.201. The third-order valence-electron chi connectivity index (χ3n) is 5.18. The molecule has 0 heterocycles. The van der Waals surface area contributed by atoms with E-state index in [1.807, 2.05) is 12.1 Å². The Morgan fingerprint density at radius 1 is 0.903 bits per heavy atom. The Balaban J connectivity index is 1.60. The van der Waals surface area contributed by atoms with E-state index in [2.05, 4.69) is 44.7 Å². The molecule has 3 aromatic rings. The van der Waals surface area contributed by atoms with E-state index in [0.717, 1.165) is 17.5 Å². The molecular formula is C28H30O3. The molecule has 0 unspecified atom stereocenters. The molecule has 0 saturated carbocycles. The molecule has 3 rings (SSSR count). The van der Waals surface area contributed by atoms with E-state index < -0.39 is 0 Å². The number of carbonyl (C=O) groups excluding carboxylic acids is 1. The Labute approximate surface area is 185 Å². The van der Waals surface area contributed by atoms with E-state index in [-0.39, 0.29) is 5.97 Å². The zero-order valence-electron chi connectivity index (χ0n) is 18.3. The average Bonchev–Trinajstić information content (AvgIpc) is 2.79. The predicted octanol–water partition coefficient (Wildman–Crippen LogP) is 7.12. The molecule has 0 aliphatic carbocycles. The Morgan fingerprint density at radius 3 is 2.06 bits per heavy atom. The van der Waals surface area contributed by atoms with E-state index >= 15 is 0 Å². The third kappa shape index (κ3) is 6.58. The van der Waals surface area contributed by atoms with Gasteiger partial charge in [0.05, 0.1) is 5.56 Å². The molecule has 0 fully saturated rings. The summed E-state index contributed by atoms with van der Waals surface area (Å²) in [5.41, 5.74) is 4.10. The van der Waals surface area contributed by atoms with Crippen LogP contribution in [0.25, 0.3) is 11.1 Å². The lowest BCUT2D eigenvalue weighted by atomic mass is 9.95. The molecule has 3 aromatic carbocycles. The monoisotopic (exact) mass is 414 g/mol. The summed E-state index contributed by atoms with van der Waals surface area (Å²) in [5.74, 6) is 1.51. The summed E-state index contributed by atoms with van der Waals surface area (Å²) in [5, 5.41) is 0. The lowest BCUT2D eigenvalue weighted by Gasteiger charge is -2.11. The SMILES string of the molecule is C=CCOc1ccc(OC(=O)c2ccc(-c3ccc(C[C@@H](C)CCC)cc3)cc2)cc1. The van der Waals surface area contributed by atoms with Crippen molar-refractivity contribution in [3.63, 3.8) is 0 Å². The maximum atomic E-state index is 12.5. The minimum atomic E-state index is -0.383. The van der Waals surface area contributed by atoms with Crippen molar-refractivity contribution in [2.75, 3.05) is 6.61 Å². The number of benzene rings is 3. The van der Waals surface area contributed by atoms with Crippen LogP contribution in [0.1, 0.15) is 42.6 Å². The number of hydrogen-bond acceptors (Lipinski definition) is 3. The molecule has 160 valence electrons. The van der Waals surface area contributed by atoms with Crippen molar-refractivity contribution in [3.05, 3.63) is 96.6 Å². The second kappa shape index (κ2) is 11.2. The van der Waals surface area contributed by atoms with Crippen molar-refractivity contribution in [1.29, 1.82) is 0 Å². The highest BCUT2D eigenvalue weighted by atomic mass is 16.5. The van der Waals surface area contributed by atoms with Crippen LogP contribution in [-0.2, 0) is 6.42 Å². The molecule has 0 N–H and O–H groups in total. The van der Waals surface area contributed by atoms with Crippen molar-refractivity contribution < 1.29 is 14.3 Å². The Morgan fingerprint density at radius 2 is 1.48 bits per heavy atom. The molecule has 31 heavy (non-hydrogen) atoms. The highest BCUT2D eigenvalue weighted by Gasteiger charge is 2.10. The molecule has 0 aromatic heterocycles. The second-order valence-corrected chi connectivity index (χ2v) is 7.83. The summed E-state index contributed by atoms with van der Waals surface area (Å²) < 4.78 is 10.9. The Kier molecular flexibility index (Phi) is 8.05. The summed E-state index contributed by atoms with van der Waals surface area (Å²) in [7, 11) is 0. The van der Waals surface area contributed by atoms with E-state index in [1.165, 1.54) is 18.4 Å². The molecule has 3 heteroatoms. The van der Waals surface area contributed by atoms with Crippen molar-refractivity contribution in [2.24, 2.45) is 5.92 Å². The minimum Gasteiger partial charge on any atom is -0.490 e. The van der Waals surface area contributed by atoms with Crippen LogP contribution >= 0.6 is 0 Å². The van der Waals surface area contributed by atoms with Crippen LogP contribution in [0.3, 0.4) is 0 Å². The van der Waals surface area contributed by atoms with Gasteiger partial charge < -0.3 is 9.47 Å². The fourth-order valence-corrected chi connectivity index (χ4v) is 3.55. The highest BCUT2D eigenvalue weighted by Crippen LogP contribution is 2.23. The third-order valence-corrected chi connectivity index (χ3v) is 5.18. The first-order chi connectivity index (χ1) is 15.1. The molecule has 0 saturated heterocycles. The molecule has 1 atom stereocenters. The zero-order valence-corrected chi connectivity index (χ0v) is 18.3. The number of hydrogen-bond donors (Lipinski definition) is 0. The second-order valence-electron chi connectivity index (χ2n) is 7.83. The summed E-state index contributed by atoms with van der Waals surface area (Å²) in [6, 6.07) is 23.2. The minimum absolute atomic E-state index is 0.383. The van der Waals surface area contributed by atoms with Gasteiger partial charge in [0.25, 0.3) is 0 Å². The van der Waals surface area contributed by atoms with Gasteiger partial charge in [0, 0.05) is 0 Å². The van der Waals surface area contributed by atoms with E-state index in [0.29, 0.717) is 29.6 Å². The summed E-state index contributed by atoms with van der Waals surface area (Å²) in [6.07, 6.45) is 5.27. The zero-order chi connectivity index (χ0) is 22.1. The smallest absolute Gasteiger partial charge is 0.343 e. The molecule has 0 spiro atoms. The fourth-order valence-electron chi connectivity index (χ4n) is 3.55. The van der Waals surface area contributed by atoms with Gasteiger partial charge in [-0.3, -0.25) is 0 Å². The van der Waals surface area contributed by atoms with Crippen molar-refractivity contribution in [1.82, 2.24) is 0 Å². The van der Waals surface area contributed by atoms with Crippen LogP contribution in [0.4, 0.5) is 0 Å². The highest BCUT2D eigenvalue weighted by molar-refractivity contribution is 5.91. The molecule has 0 aliphatic heterocycles. The first-order valence-corrected chi connectivity index (χ1v) is 10.8. The van der Waals surface area contributed by atoms with Gasteiger partial charge in [-0.1, -0.05) is 75.7 Å². The van der Waals surface area contributed by atoms with Crippen molar-refractivity contribution >= 4 is 5.97 Å². The normalized spacial score (nSPS) is 11.5. The van der Waals surface area contributed by atoms with Gasteiger partial charge in [0.2, 0.25) is 0 Å². The number of esters is 1. The van der Waals surface area contributed by atoms with Gasteiger partial charge >= 0.3 is 5.97 Å². The number of rotatable bonds is 10. The summed E-state index contributed by atoms with van der Waals surface area (Å²) >= 11 is 0. The Bertz CT molecular complexity index is 970. The van der Waals surface area contributed by atoms with Gasteiger partial charge in [0.1, 0.15) is 18.1 Å². The van der Waals surface area contributed by atoms with Crippen LogP contribution in [0.5, 0.6) is 11.5 Å².